The molecule has 7 heteroatoms. The van der Waals surface area contributed by atoms with Crippen LogP contribution in [0, 0.1) is 13.8 Å². The highest BCUT2D eigenvalue weighted by atomic mass is 32.1. The van der Waals surface area contributed by atoms with Gasteiger partial charge < -0.3 is 14.6 Å². The molecule has 3 aromatic rings. The summed E-state index contributed by atoms with van der Waals surface area (Å²) in [5, 5.41) is 13.3. The molecule has 6 nitrogen and oxygen atoms in total. The van der Waals surface area contributed by atoms with Gasteiger partial charge in [0.25, 0.3) is 11.7 Å². The van der Waals surface area contributed by atoms with E-state index < -0.39 is 17.7 Å². The third kappa shape index (κ3) is 3.35. The van der Waals surface area contributed by atoms with Crippen LogP contribution in [-0.4, -0.2) is 31.0 Å². The van der Waals surface area contributed by atoms with E-state index in [2.05, 4.69) is 0 Å². The first kappa shape index (κ1) is 21.6. The molecule has 1 atom stereocenters. The first-order valence-corrected chi connectivity index (χ1v) is 10.9. The summed E-state index contributed by atoms with van der Waals surface area (Å²) in [6.45, 7) is 3.87. The van der Waals surface area contributed by atoms with Crippen molar-refractivity contribution in [3.05, 3.63) is 81.1 Å². The molecule has 1 aliphatic heterocycles. The standard InChI is InChI=1S/C25H23NO5S/c1-14-8-5-9-16(15(14)2)26-22(19-12-7-13-32-19)21(24(28)25(26)29)23(27)20-17(30-3)10-6-11-18(20)31-4/h5-13,22,27H,1-4H3/b23-21+. The lowest BCUT2D eigenvalue weighted by molar-refractivity contribution is -0.132. The molecule has 2 aromatic carbocycles. The Hall–Kier alpha value is -3.58. The fourth-order valence-electron chi connectivity index (χ4n) is 4.01. The van der Waals surface area contributed by atoms with Crippen LogP contribution in [-0.2, 0) is 9.59 Å². The minimum Gasteiger partial charge on any atom is -0.506 e. The number of rotatable bonds is 5. The van der Waals surface area contributed by atoms with Gasteiger partial charge >= 0.3 is 0 Å². The smallest absolute Gasteiger partial charge is 0.300 e. The summed E-state index contributed by atoms with van der Waals surface area (Å²) in [5.41, 5.74) is 2.77. The maximum atomic E-state index is 13.3. The van der Waals surface area contributed by atoms with E-state index >= 15 is 0 Å². The molecule has 0 aliphatic carbocycles. The molecule has 1 N–H and O–H groups in total. The largest absolute Gasteiger partial charge is 0.506 e. The molecule has 1 saturated heterocycles. The molecule has 32 heavy (non-hydrogen) atoms. The summed E-state index contributed by atoms with van der Waals surface area (Å²) in [5.74, 6) is -1.10. The SMILES string of the molecule is COc1cccc(OC)c1/C(O)=C1\C(=O)C(=O)N(c2cccc(C)c2C)C1c1cccs1. The van der Waals surface area contributed by atoms with Crippen LogP contribution < -0.4 is 14.4 Å². The van der Waals surface area contributed by atoms with E-state index in [0.29, 0.717) is 17.2 Å². The van der Waals surface area contributed by atoms with Gasteiger partial charge in [0.1, 0.15) is 28.9 Å². The first-order chi connectivity index (χ1) is 15.4. The predicted molar refractivity (Wildman–Crippen MR) is 125 cm³/mol. The van der Waals surface area contributed by atoms with Gasteiger partial charge in [-0.05, 0) is 54.6 Å². The second-order valence-electron chi connectivity index (χ2n) is 7.44. The fourth-order valence-corrected chi connectivity index (χ4v) is 4.84. The highest BCUT2D eigenvalue weighted by Gasteiger charge is 2.48. The van der Waals surface area contributed by atoms with Crippen molar-refractivity contribution in [2.45, 2.75) is 19.9 Å². The maximum Gasteiger partial charge on any atom is 0.300 e. The maximum absolute atomic E-state index is 13.3. The van der Waals surface area contributed by atoms with Gasteiger partial charge in [0.15, 0.2) is 0 Å². The number of hydrogen-bond acceptors (Lipinski definition) is 6. The highest BCUT2D eigenvalue weighted by molar-refractivity contribution is 7.10. The Bertz CT molecular complexity index is 1210. The van der Waals surface area contributed by atoms with E-state index in [1.54, 1.807) is 18.2 Å². The van der Waals surface area contributed by atoms with E-state index in [-0.39, 0.29) is 16.9 Å². The number of aryl methyl sites for hydroxylation is 1. The van der Waals surface area contributed by atoms with Crippen LogP contribution in [0.2, 0.25) is 0 Å². The minimum atomic E-state index is -0.773. The molecule has 0 spiro atoms. The minimum absolute atomic E-state index is 0.00107. The van der Waals surface area contributed by atoms with Crippen LogP contribution in [0.4, 0.5) is 5.69 Å². The molecule has 164 valence electrons. The number of carbonyl (C=O) groups is 2. The Labute approximate surface area is 190 Å². The number of anilines is 1. The lowest BCUT2D eigenvalue weighted by Crippen LogP contribution is -2.29. The van der Waals surface area contributed by atoms with Crippen molar-refractivity contribution in [1.29, 1.82) is 0 Å². The summed E-state index contributed by atoms with van der Waals surface area (Å²) < 4.78 is 10.8. The molecule has 0 saturated carbocycles. The Morgan fingerprint density at radius 3 is 2.22 bits per heavy atom. The summed E-state index contributed by atoms with van der Waals surface area (Å²) in [4.78, 5) is 28.9. The number of amides is 1. The van der Waals surface area contributed by atoms with Gasteiger partial charge in [0.2, 0.25) is 0 Å². The molecule has 2 heterocycles. The summed E-state index contributed by atoms with van der Waals surface area (Å²) >= 11 is 1.42. The van der Waals surface area contributed by atoms with Crippen LogP contribution in [0.5, 0.6) is 11.5 Å². The van der Waals surface area contributed by atoms with Crippen LogP contribution in [0.1, 0.15) is 27.6 Å². The monoisotopic (exact) mass is 449 g/mol. The van der Waals surface area contributed by atoms with Gasteiger partial charge in [-0.2, -0.15) is 0 Å². The highest BCUT2D eigenvalue weighted by Crippen LogP contribution is 2.46. The summed E-state index contributed by atoms with van der Waals surface area (Å²) in [6.07, 6.45) is 0. The van der Waals surface area contributed by atoms with Crippen LogP contribution in [0.3, 0.4) is 0 Å². The number of aliphatic hydroxyl groups is 1. The zero-order valence-electron chi connectivity index (χ0n) is 18.2. The molecule has 0 bridgehead atoms. The van der Waals surface area contributed by atoms with Crippen molar-refractivity contribution in [2.75, 3.05) is 19.1 Å². The zero-order chi connectivity index (χ0) is 23.0. The normalized spacial score (nSPS) is 17.6. The second-order valence-corrected chi connectivity index (χ2v) is 8.42. The number of aliphatic hydroxyl groups excluding tert-OH is 1. The number of hydrogen-bond donors (Lipinski definition) is 1. The lowest BCUT2D eigenvalue weighted by Gasteiger charge is -2.26. The summed E-state index contributed by atoms with van der Waals surface area (Å²) in [6, 6.07) is 13.6. The number of benzene rings is 2. The predicted octanol–water partition coefficient (Wildman–Crippen LogP) is 5.01. The molecule has 4 rings (SSSR count). The number of ether oxygens (including phenoxy) is 2. The van der Waals surface area contributed by atoms with Gasteiger partial charge in [-0.1, -0.05) is 24.3 Å². The number of ketones is 1. The second kappa shape index (κ2) is 8.51. The molecule has 1 fully saturated rings. The van der Waals surface area contributed by atoms with Crippen molar-refractivity contribution in [3.8, 4) is 11.5 Å². The average Bonchev–Trinajstić information content (AvgIpc) is 3.42. The van der Waals surface area contributed by atoms with E-state index in [1.165, 1.54) is 30.5 Å². The first-order valence-electron chi connectivity index (χ1n) is 10.0. The Morgan fingerprint density at radius 1 is 0.969 bits per heavy atom. The van der Waals surface area contributed by atoms with Crippen molar-refractivity contribution in [3.63, 3.8) is 0 Å². The molecular formula is C25H23NO5S. The average molecular weight is 450 g/mol. The lowest BCUT2D eigenvalue weighted by atomic mass is 9.98. The van der Waals surface area contributed by atoms with Crippen molar-refractivity contribution in [1.82, 2.24) is 0 Å². The number of nitrogens with zero attached hydrogens (tertiary/aromatic N) is 1. The molecule has 1 aliphatic rings. The molecule has 1 aromatic heterocycles. The fraction of sp³-hybridized carbons (Fsp3) is 0.200. The van der Waals surface area contributed by atoms with E-state index in [0.717, 1.165) is 16.0 Å². The third-order valence-electron chi connectivity index (χ3n) is 5.76. The molecule has 0 radical (unpaired) electrons. The Balaban J connectivity index is 2.02. The summed E-state index contributed by atoms with van der Waals surface area (Å²) in [7, 11) is 2.94. The van der Waals surface area contributed by atoms with Crippen LogP contribution in [0.25, 0.3) is 5.76 Å². The van der Waals surface area contributed by atoms with E-state index in [9.17, 15) is 14.7 Å². The Kier molecular flexibility index (Phi) is 5.76. The third-order valence-corrected chi connectivity index (χ3v) is 6.68. The Morgan fingerprint density at radius 2 is 1.62 bits per heavy atom. The van der Waals surface area contributed by atoms with Gasteiger partial charge in [0, 0.05) is 10.6 Å². The number of methoxy groups -OCH3 is 2. The zero-order valence-corrected chi connectivity index (χ0v) is 19.0. The van der Waals surface area contributed by atoms with Gasteiger partial charge in [-0.15, -0.1) is 11.3 Å². The van der Waals surface area contributed by atoms with Gasteiger partial charge in [0.05, 0.1) is 19.8 Å². The van der Waals surface area contributed by atoms with Gasteiger partial charge in [-0.25, -0.2) is 0 Å². The van der Waals surface area contributed by atoms with E-state index in [1.807, 2.05) is 49.6 Å². The van der Waals surface area contributed by atoms with Crippen LogP contribution >= 0.6 is 11.3 Å². The molecule has 1 unspecified atom stereocenters. The quantitative estimate of drug-likeness (QED) is 0.337. The van der Waals surface area contributed by atoms with Crippen LogP contribution in [0.15, 0.2) is 59.5 Å². The van der Waals surface area contributed by atoms with Crippen molar-refractivity contribution >= 4 is 34.5 Å². The van der Waals surface area contributed by atoms with Gasteiger partial charge in [-0.3, -0.25) is 14.5 Å². The number of carbonyl (C=O) groups excluding carboxylic acids is 2. The molecule has 1 amide bonds. The van der Waals surface area contributed by atoms with Crippen molar-refractivity contribution in [2.24, 2.45) is 0 Å². The van der Waals surface area contributed by atoms with Crippen molar-refractivity contribution < 1.29 is 24.2 Å². The topological polar surface area (TPSA) is 76.1 Å². The number of thiophene rings is 1. The van der Waals surface area contributed by atoms with E-state index in [4.69, 9.17) is 9.47 Å². The number of Topliss-reactive ketones (excluding diaryl/α,β-unsaturated/α-hetero) is 1. The molecular weight excluding hydrogens is 426 g/mol.